The summed E-state index contributed by atoms with van der Waals surface area (Å²) in [6.45, 7) is 7.60. The summed E-state index contributed by atoms with van der Waals surface area (Å²) in [5.41, 5.74) is 0. The molecule has 0 radical (unpaired) electrons. The van der Waals surface area contributed by atoms with Gasteiger partial charge in [-0.05, 0) is 45.7 Å². The molecule has 1 fully saturated rings. The van der Waals surface area contributed by atoms with E-state index in [9.17, 15) is 8.42 Å². The van der Waals surface area contributed by atoms with Gasteiger partial charge in [-0.3, -0.25) is 0 Å². The summed E-state index contributed by atoms with van der Waals surface area (Å²) in [5.74, 6) is 0. The molecule has 1 aliphatic rings. The lowest BCUT2D eigenvalue weighted by molar-refractivity contribution is 0.159. The van der Waals surface area contributed by atoms with Crippen molar-refractivity contribution in [2.24, 2.45) is 0 Å². The van der Waals surface area contributed by atoms with Crippen LogP contribution in [0.2, 0.25) is 0 Å². The van der Waals surface area contributed by atoms with Crippen molar-refractivity contribution in [1.29, 1.82) is 0 Å². The summed E-state index contributed by atoms with van der Waals surface area (Å²) in [6, 6.07) is 0.646. The molecule has 120 valence electrons. The number of unbranched alkanes of at least 4 members (excludes halogenated alkanes) is 1. The largest absolute Gasteiger partial charge is 0.301 e. The fraction of sp³-hybridized carbons (Fsp3) is 1.00. The van der Waals surface area contributed by atoms with Crippen LogP contribution in [-0.4, -0.2) is 56.9 Å². The first-order chi connectivity index (χ1) is 9.47. The summed E-state index contributed by atoms with van der Waals surface area (Å²) in [6.07, 6.45) is 6.66. The van der Waals surface area contributed by atoms with Gasteiger partial charge in [0.2, 0.25) is 0 Å². The zero-order valence-electron chi connectivity index (χ0n) is 13.3. The Hall–Kier alpha value is -0.170. The SMILES string of the molecule is CCCCN(C)S(=O)(=O)NCCCN1CCCCC1C. The normalized spacial score (nSPS) is 21.5. The van der Waals surface area contributed by atoms with Crippen molar-refractivity contribution < 1.29 is 8.42 Å². The van der Waals surface area contributed by atoms with Crippen LogP contribution in [0.4, 0.5) is 0 Å². The number of likely N-dealkylation sites (tertiary alicyclic amines) is 1. The summed E-state index contributed by atoms with van der Waals surface area (Å²) >= 11 is 0. The van der Waals surface area contributed by atoms with Gasteiger partial charge in [-0.2, -0.15) is 12.7 Å². The number of nitrogens with one attached hydrogen (secondary N) is 1. The molecule has 0 saturated carbocycles. The predicted octanol–water partition coefficient (Wildman–Crippen LogP) is 1.82. The van der Waals surface area contributed by atoms with E-state index in [1.54, 1.807) is 7.05 Å². The predicted molar refractivity (Wildman–Crippen MR) is 84.0 cm³/mol. The minimum Gasteiger partial charge on any atom is -0.301 e. The average molecular weight is 305 g/mol. The molecule has 0 aliphatic carbocycles. The van der Waals surface area contributed by atoms with Gasteiger partial charge in [0.25, 0.3) is 10.2 Å². The molecule has 1 heterocycles. The zero-order valence-corrected chi connectivity index (χ0v) is 14.1. The zero-order chi connectivity index (χ0) is 15.0. The van der Waals surface area contributed by atoms with E-state index < -0.39 is 10.2 Å². The Kier molecular flexibility index (Phi) is 8.02. The molecular weight excluding hydrogens is 274 g/mol. The third-order valence-electron chi connectivity index (χ3n) is 4.08. The van der Waals surface area contributed by atoms with E-state index in [1.165, 1.54) is 23.6 Å². The first-order valence-corrected chi connectivity index (χ1v) is 9.36. The van der Waals surface area contributed by atoms with Gasteiger partial charge in [-0.15, -0.1) is 0 Å². The quantitative estimate of drug-likeness (QED) is 0.661. The lowest BCUT2D eigenvalue weighted by Gasteiger charge is -2.33. The first kappa shape index (κ1) is 17.9. The van der Waals surface area contributed by atoms with Crippen LogP contribution in [0.3, 0.4) is 0 Å². The number of piperidine rings is 1. The Morgan fingerprint density at radius 3 is 2.70 bits per heavy atom. The molecule has 0 spiro atoms. The fourth-order valence-electron chi connectivity index (χ4n) is 2.58. The van der Waals surface area contributed by atoms with Gasteiger partial charge >= 0.3 is 0 Å². The molecule has 1 N–H and O–H groups in total. The van der Waals surface area contributed by atoms with Crippen molar-refractivity contribution in [1.82, 2.24) is 13.9 Å². The fourth-order valence-corrected chi connectivity index (χ4v) is 3.58. The molecule has 1 atom stereocenters. The van der Waals surface area contributed by atoms with Crippen LogP contribution in [-0.2, 0) is 10.2 Å². The topological polar surface area (TPSA) is 52.7 Å². The molecule has 0 aromatic carbocycles. The Morgan fingerprint density at radius 2 is 2.05 bits per heavy atom. The van der Waals surface area contributed by atoms with Gasteiger partial charge in [0.15, 0.2) is 0 Å². The van der Waals surface area contributed by atoms with Crippen LogP contribution in [0.15, 0.2) is 0 Å². The Bertz CT molecular complexity index is 359. The standard InChI is InChI=1S/C14H31N3O2S/c1-4-5-11-16(3)20(18,19)15-10-8-13-17-12-7-6-9-14(17)2/h14-15H,4-13H2,1-3H3. The lowest BCUT2D eigenvalue weighted by Crippen LogP contribution is -2.41. The van der Waals surface area contributed by atoms with Gasteiger partial charge in [0.1, 0.15) is 0 Å². The van der Waals surface area contributed by atoms with Gasteiger partial charge in [0, 0.05) is 26.2 Å². The maximum atomic E-state index is 12.0. The summed E-state index contributed by atoms with van der Waals surface area (Å²) in [4.78, 5) is 2.47. The van der Waals surface area contributed by atoms with Crippen molar-refractivity contribution in [3.63, 3.8) is 0 Å². The molecule has 0 bridgehead atoms. The van der Waals surface area contributed by atoms with Crippen LogP contribution in [0.25, 0.3) is 0 Å². The summed E-state index contributed by atoms with van der Waals surface area (Å²) < 4.78 is 28.0. The number of hydrogen-bond acceptors (Lipinski definition) is 3. The van der Waals surface area contributed by atoms with Crippen LogP contribution in [0, 0.1) is 0 Å². The highest BCUT2D eigenvalue weighted by atomic mass is 32.2. The second-order valence-electron chi connectivity index (χ2n) is 5.81. The van der Waals surface area contributed by atoms with Gasteiger partial charge in [-0.25, -0.2) is 4.72 Å². The molecule has 1 unspecified atom stereocenters. The van der Waals surface area contributed by atoms with Crippen molar-refractivity contribution in [2.45, 2.75) is 58.4 Å². The van der Waals surface area contributed by atoms with E-state index in [2.05, 4.69) is 23.5 Å². The maximum absolute atomic E-state index is 12.0. The summed E-state index contributed by atoms with van der Waals surface area (Å²) in [7, 11) is -1.64. The Morgan fingerprint density at radius 1 is 1.30 bits per heavy atom. The number of rotatable bonds is 9. The molecule has 20 heavy (non-hydrogen) atoms. The van der Waals surface area contributed by atoms with E-state index in [4.69, 9.17) is 0 Å². The highest BCUT2D eigenvalue weighted by Gasteiger charge is 2.19. The molecule has 0 aromatic heterocycles. The molecule has 5 nitrogen and oxygen atoms in total. The van der Waals surface area contributed by atoms with Crippen molar-refractivity contribution in [2.75, 3.05) is 33.2 Å². The highest BCUT2D eigenvalue weighted by molar-refractivity contribution is 7.87. The molecule has 0 amide bonds. The van der Waals surface area contributed by atoms with Crippen molar-refractivity contribution in [3.8, 4) is 0 Å². The van der Waals surface area contributed by atoms with Crippen LogP contribution in [0.5, 0.6) is 0 Å². The van der Waals surface area contributed by atoms with E-state index in [-0.39, 0.29) is 0 Å². The third kappa shape index (κ3) is 6.08. The monoisotopic (exact) mass is 305 g/mol. The Balaban J connectivity index is 2.22. The van der Waals surface area contributed by atoms with E-state index in [1.807, 2.05) is 0 Å². The van der Waals surface area contributed by atoms with Crippen molar-refractivity contribution in [3.05, 3.63) is 0 Å². The van der Waals surface area contributed by atoms with E-state index in [0.29, 0.717) is 19.1 Å². The first-order valence-electron chi connectivity index (χ1n) is 7.92. The minimum atomic E-state index is -3.28. The summed E-state index contributed by atoms with van der Waals surface area (Å²) in [5, 5.41) is 0. The van der Waals surface area contributed by atoms with Gasteiger partial charge in [0.05, 0.1) is 0 Å². The average Bonchev–Trinajstić information content (AvgIpc) is 2.42. The molecule has 1 saturated heterocycles. The van der Waals surface area contributed by atoms with Crippen LogP contribution in [0.1, 0.15) is 52.4 Å². The van der Waals surface area contributed by atoms with Crippen molar-refractivity contribution >= 4 is 10.2 Å². The highest BCUT2D eigenvalue weighted by Crippen LogP contribution is 2.16. The minimum absolute atomic E-state index is 0.530. The smallest absolute Gasteiger partial charge is 0.279 e. The second kappa shape index (κ2) is 8.97. The van der Waals surface area contributed by atoms with E-state index in [0.717, 1.165) is 32.4 Å². The second-order valence-corrected chi connectivity index (χ2v) is 7.67. The third-order valence-corrected chi connectivity index (χ3v) is 5.66. The molecular formula is C14H31N3O2S. The lowest BCUT2D eigenvalue weighted by atomic mass is 10.0. The Labute approximate surface area is 124 Å². The number of nitrogens with zero attached hydrogens (tertiary/aromatic N) is 2. The van der Waals surface area contributed by atoms with Crippen LogP contribution < -0.4 is 4.72 Å². The van der Waals surface area contributed by atoms with E-state index >= 15 is 0 Å². The molecule has 0 aromatic rings. The van der Waals surface area contributed by atoms with Gasteiger partial charge in [-0.1, -0.05) is 19.8 Å². The maximum Gasteiger partial charge on any atom is 0.279 e. The molecule has 6 heteroatoms. The number of hydrogen-bond donors (Lipinski definition) is 1. The molecule has 1 rings (SSSR count). The van der Waals surface area contributed by atoms with Gasteiger partial charge < -0.3 is 4.90 Å². The molecule has 1 aliphatic heterocycles. The van der Waals surface area contributed by atoms with Crippen LogP contribution >= 0.6 is 0 Å².